The summed E-state index contributed by atoms with van der Waals surface area (Å²) >= 11 is 0.781. The third-order valence-electron chi connectivity index (χ3n) is 1.75. The molecular weight excluding hydrogens is 268 g/mol. The second-order valence-corrected chi connectivity index (χ2v) is 5.68. The van der Waals surface area contributed by atoms with Crippen LogP contribution in [0.3, 0.4) is 0 Å². The van der Waals surface area contributed by atoms with Crippen molar-refractivity contribution in [2.24, 2.45) is 5.14 Å². The highest BCUT2D eigenvalue weighted by atomic mass is 32.2. The molecule has 2 rings (SSSR count). The van der Waals surface area contributed by atoms with E-state index in [1.54, 1.807) is 6.92 Å². The normalized spacial score (nSPS) is 11.9. The first-order valence-corrected chi connectivity index (χ1v) is 6.84. The molecule has 0 spiro atoms. The SMILES string of the molecule is CCOC(=O)c1cn2nc(S(N)(=O)=O)sc2n1. The van der Waals surface area contributed by atoms with Crippen LogP contribution in [0.4, 0.5) is 0 Å². The average Bonchev–Trinajstić information content (AvgIpc) is 2.72. The van der Waals surface area contributed by atoms with Crippen LogP contribution in [0.2, 0.25) is 0 Å². The van der Waals surface area contributed by atoms with Gasteiger partial charge in [0.05, 0.1) is 12.8 Å². The van der Waals surface area contributed by atoms with E-state index in [4.69, 9.17) is 9.88 Å². The fourth-order valence-corrected chi connectivity index (χ4v) is 2.61. The minimum atomic E-state index is -3.85. The van der Waals surface area contributed by atoms with E-state index in [0.717, 1.165) is 11.3 Å². The van der Waals surface area contributed by atoms with Crippen LogP contribution >= 0.6 is 11.3 Å². The zero-order valence-electron chi connectivity index (χ0n) is 8.65. The molecule has 92 valence electrons. The Hall–Kier alpha value is -1.52. The molecule has 8 nitrogen and oxygen atoms in total. The number of sulfonamides is 1. The summed E-state index contributed by atoms with van der Waals surface area (Å²) in [5.74, 6) is -0.581. The molecule has 0 aliphatic carbocycles. The maximum Gasteiger partial charge on any atom is 0.358 e. The van der Waals surface area contributed by atoms with Gasteiger partial charge in [-0.1, -0.05) is 11.3 Å². The molecule has 17 heavy (non-hydrogen) atoms. The molecule has 0 aromatic carbocycles. The van der Waals surface area contributed by atoms with E-state index in [1.807, 2.05) is 0 Å². The van der Waals surface area contributed by atoms with E-state index in [9.17, 15) is 13.2 Å². The van der Waals surface area contributed by atoms with E-state index >= 15 is 0 Å². The summed E-state index contributed by atoms with van der Waals surface area (Å²) in [4.78, 5) is 15.5. The Morgan fingerprint density at radius 3 is 2.88 bits per heavy atom. The number of nitrogens with two attached hydrogens (primary N) is 1. The largest absolute Gasteiger partial charge is 0.461 e. The maximum atomic E-state index is 11.3. The van der Waals surface area contributed by atoms with Gasteiger partial charge in [-0.15, -0.1) is 5.10 Å². The highest BCUT2D eigenvalue weighted by Crippen LogP contribution is 2.18. The van der Waals surface area contributed by atoms with Gasteiger partial charge in [-0.3, -0.25) is 0 Å². The molecule has 0 atom stereocenters. The lowest BCUT2D eigenvalue weighted by Crippen LogP contribution is -2.12. The Bertz CT molecular complexity index is 640. The highest BCUT2D eigenvalue weighted by Gasteiger charge is 2.19. The van der Waals surface area contributed by atoms with Crippen molar-refractivity contribution in [3.05, 3.63) is 11.9 Å². The van der Waals surface area contributed by atoms with Gasteiger partial charge < -0.3 is 4.74 Å². The van der Waals surface area contributed by atoms with Crippen molar-refractivity contribution in [3.63, 3.8) is 0 Å². The number of hydrogen-bond acceptors (Lipinski definition) is 7. The number of esters is 1. The molecule has 0 fully saturated rings. The molecule has 2 heterocycles. The lowest BCUT2D eigenvalue weighted by atomic mass is 10.5. The Kier molecular flexibility index (Phi) is 2.85. The third kappa shape index (κ3) is 2.28. The van der Waals surface area contributed by atoms with Crippen LogP contribution in [0.5, 0.6) is 0 Å². The topological polar surface area (TPSA) is 117 Å². The number of fused-ring (bicyclic) bond motifs is 1. The van der Waals surface area contributed by atoms with Crippen LogP contribution in [0, 0.1) is 0 Å². The van der Waals surface area contributed by atoms with Crippen LogP contribution < -0.4 is 5.14 Å². The monoisotopic (exact) mass is 276 g/mol. The van der Waals surface area contributed by atoms with Crippen molar-refractivity contribution in [2.75, 3.05) is 6.61 Å². The lowest BCUT2D eigenvalue weighted by molar-refractivity contribution is 0.0520. The number of rotatable bonds is 3. The highest BCUT2D eigenvalue weighted by molar-refractivity contribution is 7.91. The second-order valence-electron chi connectivity index (χ2n) is 2.99. The summed E-state index contributed by atoms with van der Waals surface area (Å²) < 4.78 is 27.7. The van der Waals surface area contributed by atoms with E-state index < -0.39 is 16.0 Å². The van der Waals surface area contributed by atoms with Crippen LogP contribution in [0.25, 0.3) is 4.96 Å². The second kappa shape index (κ2) is 4.05. The number of nitrogens with zero attached hydrogens (tertiary/aromatic N) is 3. The molecule has 2 aromatic rings. The Morgan fingerprint density at radius 1 is 1.65 bits per heavy atom. The van der Waals surface area contributed by atoms with Gasteiger partial charge in [-0.2, -0.15) is 0 Å². The van der Waals surface area contributed by atoms with Crippen molar-refractivity contribution >= 4 is 32.3 Å². The number of carbonyl (C=O) groups excluding carboxylic acids is 1. The van der Waals surface area contributed by atoms with Crippen LogP contribution in [0.15, 0.2) is 10.5 Å². The van der Waals surface area contributed by atoms with Crippen LogP contribution in [0.1, 0.15) is 17.4 Å². The number of hydrogen-bond donors (Lipinski definition) is 1. The summed E-state index contributed by atoms with van der Waals surface area (Å²) in [5, 5.41) is 8.61. The summed E-state index contributed by atoms with van der Waals surface area (Å²) in [5.41, 5.74) is 0.0755. The van der Waals surface area contributed by atoms with Crippen LogP contribution in [-0.2, 0) is 14.8 Å². The molecule has 0 amide bonds. The average molecular weight is 276 g/mol. The first kappa shape index (κ1) is 12.0. The molecule has 10 heteroatoms. The number of aromatic nitrogens is 3. The summed E-state index contributed by atoms with van der Waals surface area (Å²) in [6, 6.07) is 0. The fourth-order valence-electron chi connectivity index (χ4n) is 1.10. The number of carbonyl (C=O) groups is 1. The van der Waals surface area contributed by atoms with Gasteiger partial charge in [-0.05, 0) is 6.92 Å². The number of imidazole rings is 1. The third-order valence-corrected chi connectivity index (χ3v) is 3.99. The maximum absolute atomic E-state index is 11.3. The summed E-state index contributed by atoms with van der Waals surface area (Å²) in [6.07, 6.45) is 1.29. The van der Waals surface area contributed by atoms with Crippen molar-refractivity contribution < 1.29 is 17.9 Å². The van der Waals surface area contributed by atoms with Gasteiger partial charge in [0.25, 0.3) is 10.0 Å². The van der Waals surface area contributed by atoms with Crippen molar-refractivity contribution in [3.8, 4) is 0 Å². The number of primary sulfonamides is 1. The van der Waals surface area contributed by atoms with Gasteiger partial charge in [0.2, 0.25) is 9.30 Å². The first-order valence-electron chi connectivity index (χ1n) is 4.48. The van der Waals surface area contributed by atoms with Gasteiger partial charge in [0.1, 0.15) is 0 Å². The molecule has 0 aliphatic heterocycles. The summed E-state index contributed by atoms with van der Waals surface area (Å²) in [7, 11) is -3.85. The molecule has 0 radical (unpaired) electrons. The molecule has 2 aromatic heterocycles. The van der Waals surface area contributed by atoms with E-state index in [-0.39, 0.29) is 21.6 Å². The van der Waals surface area contributed by atoms with Crippen molar-refractivity contribution in [2.45, 2.75) is 11.3 Å². The molecule has 2 N–H and O–H groups in total. The molecule has 0 bridgehead atoms. The zero-order valence-corrected chi connectivity index (χ0v) is 10.3. The molecule has 0 aliphatic rings. The summed E-state index contributed by atoms with van der Waals surface area (Å²) in [6.45, 7) is 1.91. The number of ether oxygens (including phenoxy) is 1. The minimum Gasteiger partial charge on any atom is -0.461 e. The van der Waals surface area contributed by atoms with Crippen molar-refractivity contribution in [1.82, 2.24) is 14.6 Å². The van der Waals surface area contributed by atoms with E-state index in [0.29, 0.717) is 0 Å². The predicted octanol–water partition coefficient (Wildman–Crippen LogP) is -0.385. The molecular formula is C7H8N4O4S2. The van der Waals surface area contributed by atoms with Crippen molar-refractivity contribution in [1.29, 1.82) is 0 Å². The minimum absolute atomic E-state index is 0.0755. The van der Waals surface area contributed by atoms with Gasteiger partial charge in [0.15, 0.2) is 5.69 Å². The predicted molar refractivity (Wildman–Crippen MR) is 58.2 cm³/mol. The van der Waals surface area contributed by atoms with Gasteiger partial charge in [-0.25, -0.2) is 27.9 Å². The van der Waals surface area contributed by atoms with Gasteiger partial charge in [0, 0.05) is 0 Å². The molecule has 0 saturated carbocycles. The Balaban J connectivity index is 2.42. The smallest absolute Gasteiger partial charge is 0.358 e. The molecule has 0 saturated heterocycles. The Labute approximate surface area is 100 Å². The Morgan fingerprint density at radius 2 is 2.35 bits per heavy atom. The standard InChI is InChI=1S/C7H8N4O4S2/c1-2-15-5(12)4-3-11-6(9-4)16-7(10-11)17(8,13)14/h3H,2H2,1H3,(H2,8,13,14). The first-order chi connectivity index (χ1) is 7.91. The zero-order chi connectivity index (χ0) is 12.6. The molecule has 0 unspecified atom stereocenters. The fraction of sp³-hybridized carbons (Fsp3) is 0.286. The van der Waals surface area contributed by atoms with E-state index in [2.05, 4.69) is 10.1 Å². The van der Waals surface area contributed by atoms with Gasteiger partial charge >= 0.3 is 5.97 Å². The quantitative estimate of drug-likeness (QED) is 0.763. The lowest BCUT2D eigenvalue weighted by Gasteiger charge is -1.95. The van der Waals surface area contributed by atoms with Crippen LogP contribution in [-0.4, -0.2) is 35.6 Å². The van der Waals surface area contributed by atoms with E-state index in [1.165, 1.54) is 10.7 Å².